The monoisotopic (exact) mass is 407 g/mol. The van der Waals surface area contributed by atoms with Crippen molar-refractivity contribution >= 4 is 5.91 Å². The van der Waals surface area contributed by atoms with Gasteiger partial charge in [0.1, 0.15) is 6.10 Å². The first-order valence-electron chi connectivity index (χ1n) is 11.3. The van der Waals surface area contributed by atoms with Gasteiger partial charge in [0.15, 0.2) is 0 Å². The number of amides is 1. The van der Waals surface area contributed by atoms with Gasteiger partial charge in [0, 0.05) is 32.4 Å². The Kier molecular flexibility index (Phi) is 7.13. The van der Waals surface area contributed by atoms with Crippen LogP contribution in [0.5, 0.6) is 0 Å². The normalized spacial score (nSPS) is 20.8. The lowest BCUT2D eigenvalue weighted by Gasteiger charge is -2.35. The second-order valence-electron chi connectivity index (χ2n) is 8.64. The number of likely N-dealkylation sites (N-methyl/N-ethyl adjacent to an activating group) is 1. The van der Waals surface area contributed by atoms with Crippen LogP contribution in [0.1, 0.15) is 55.0 Å². The molecule has 2 aromatic rings. The fourth-order valence-corrected chi connectivity index (χ4v) is 4.56. The third-order valence-corrected chi connectivity index (χ3v) is 6.45. The van der Waals surface area contributed by atoms with Crippen LogP contribution in [0.2, 0.25) is 0 Å². The average molecular weight is 408 g/mol. The van der Waals surface area contributed by atoms with Crippen molar-refractivity contribution in [2.45, 2.75) is 50.7 Å². The van der Waals surface area contributed by atoms with Crippen LogP contribution in [-0.4, -0.2) is 60.0 Å². The molecule has 0 N–H and O–H groups in total. The Bertz CT molecular complexity index is 803. The van der Waals surface area contributed by atoms with Crippen LogP contribution in [0.15, 0.2) is 48.7 Å². The van der Waals surface area contributed by atoms with Gasteiger partial charge in [-0.15, -0.1) is 0 Å². The summed E-state index contributed by atoms with van der Waals surface area (Å²) in [5, 5.41) is 0. The molecule has 1 atom stereocenters. The van der Waals surface area contributed by atoms with Crippen LogP contribution in [0, 0.1) is 0 Å². The van der Waals surface area contributed by atoms with Crippen LogP contribution in [0.4, 0.5) is 0 Å². The highest BCUT2D eigenvalue weighted by Gasteiger charge is 2.27. The van der Waals surface area contributed by atoms with Crippen molar-refractivity contribution in [3.63, 3.8) is 0 Å². The van der Waals surface area contributed by atoms with E-state index in [1.807, 2.05) is 24.2 Å². The summed E-state index contributed by atoms with van der Waals surface area (Å²) in [4.78, 5) is 21.7. The van der Waals surface area contributed by atoms with E-state index in [1.165, 1.54) is 30.4 Å². The number of nitrogens with zero attached hydrogens (tertiary/aromatic N) is 3. The Morgan fingerprint density at radius 1 is 1.10 bits per heavy atom. The first kappa shape index (κ1) is 21.0. The second kappa shape index (κ2) is 10.2. The molecule has 0 radical (unpaired) electrons. The summed E-state index contributed by atoms with van der Waals surface area (Å²) in [5.74, 6) is 0.230. The highest BCUT2D eigenvalue weighted by Crippen LogP contribution is 2.24. The quantitative estimate of drug-likeness (QED) is 0.730. The molecule has 2 aliphatic rings. The Labute approximate surface area is 180 Å². The fourth-order valence-electron chi connectivity index (χ4n) is 4.56. The SMILES string of the molecule is CN(C(=O)CN1CCO[C@@H](c2ccc(Cc3ccccc3)cn2)C1)C1CCCCC1. The van der Waals surface area contributed by atoms with E-state index in [-0.39, 0.29) is 12.0 Å². The van der Waals surface area contributed by atoms with Crippen molar-refractivity contribution in [2.24, 2.45) is 0 Å². The molecular weight excluding hydrogens is 374 g/mol. The molecule has 1 saturated heterocycles. The molecule has 1 aromatic carbocycles. The minimum Gasteiger partial charge on any atom is -0.369 e. The van der Waals surface area contributed by atoms with E-state index in [4.69, 9.17) is 4.74 Å². The number of benzene rings is 1. The van der Waals surface area contributed by atoms with Crippen molar-refractivity contribution in [3.05, 3.63) is 65.5 Å². The van der Waals surface area contributed by atoms with Gasteiger partial charge < -0.3 is 9.64 Å². The van der Waals surface area contributed by atoms with Crippen molar-refractivity contribution in [1.82, 2.24) is 14.8 Å². The lowest BCUT2D eigenvalue weighted by molar-refractivity contribution is -0.135. The van der Waals surface area contributed by atoms with Crippen LogP contribution in [0.3, 0.4) is 0 Å². The number of aromatic nitrogens is 1. The zero-order valence-electron chi connectivity index (χ0n) is 18.0. The summed E-state index contributed by atoms with van der Waals surface area (Å²) in [7, 11) is 1.98. The maximum Gasteiger partial charge on any atom is 0.236 e. The number of rotatable bonds is 6. The van der Waals surface area contributed by atoms with E-state index in [1.54, 1.807) is 0 Å². The minimum absolute atomic E-state index is 0.0719. The van der Waals surface area contributed by atoms with E-state index in [2.05, 4.69) is 46.3 Å². The van der Waals surface area contributed by atoms with Gasteiger partial charge >= 0.3 is 0 Å². The highest BCUT2D eigenvalue weighted by atomic mass is 16.5. The first-order valence-corrected chi connectivity index (χ1v) is 11.3. The van der Waals surface area contributed by atoms with E-state index in [0.29, 0.717) is 19.2 Å². The van der Waals surface area contributed by atoms with Gasteiger partial charge in [0.2, 0.25) is 5.91 Å². The Balaban J connectivity index is 1.31. The van der Waals surface area contributed by atoms with E-state index < -0.39 is 0 Å². The second-order valence-corrected chi connectivity index (χ2v) is 8.64. The average Bonchev–Trinajstić information content (AvgIpc) is 2.80. The van der Waals surface area contributed by atoms with Gasteiger partial charge in [-0.25, -0.2) is 0 Å². The number of carbonyl (C=O) groups excluding carboxylic acids is 1. The van der Waals surface area contributed by atoms with Gasteiger partial charge in [-0.05, 0) is 36.5 Å². The Morgan fingerprint density at radius 3 is 2.63 bits per heavy atom. The smallest absolute Gasteiger partial charge is 0.236 e. The lowest BCUT2D eigenvalue weighted by atomic mass is 9.94. The van der Waals surface area contributed by atoms with Gasteiger partial charge in [0.25, 0.3) is 0 Å². The number of carbonyl (C=O) groups is 1. The summed E-state index contributed by atoms with van der Waals surface area (Å²) < 4.78 is 5.98. The summed E-state index contributed by atoms with van der Waals surface area (Å²) in [6.07, 6.45) is 8.85. The summed E-state index contributed by atoms with van der Waals surface area (Å²) >= 11 is 0. The molecule has 5 heteroatoms. The minimum atomic E-state index is -0.0719. The molecule has 1 saturated carbocycles. The summed E-state index contributed by atoms with van der Waals surface area (Å²) in [6, 6.07) is 15.1. The molecule has 1 aromatic heterocycles. The largest absolute Gasteiger partial charge is 0.369 e. The van der Waals surface area contributed by atoms with E-state index in [9.17, 15) is 4.79 Å². The predicted molar refractivity (Wildman–Crippen MR) is 118 cm³/mol. The predicted octanol–water partition coefficient (Wildman–Crippen LogP) is 3.84. The van der Waals surface area contributed by atoms with Crippen molar-refractivity contribution in [2.75, 3.05) is 33.3 Å². The molecule has 1 aliphatic carbocycles. The molecule has 1 amide bonds. The highest BCUT2D eigenvalue weighted by molar-refractivity contribution is 5.78. The molecular formula is C25H33N3O2. The standard InChI is InChI=1S/C25H33N3O2/c1-27(22-10-6-3-7-11-22)25(29)19-28-14-15-30-24(18-28)23-13-12-21(17-26-23)16-20-8-4-2-5-9-20/h2,4-5,8-9,12-13,17,22,24H,3,6-7,10-11,14-16,18-19H2,1H3/t24-/m1/s1. The summed E-state index contributed by atoms with van der Waals surface area (Å²) in [6.45, 7) is 2.62. The van der Waals surface area contributed by atoms with Crippen molar-refractivity contribution < 1.29 is 9.53 Å². The molecule has 1 aliphatic heterocycles. The van der Waals surface area contributed by atoms with Crippen LogP contribution < -0.4 is 0 Å². The van der Waals surface area contributed by atoms with Crippen LogP contribution in [0.25, 0.3) is 0 Å². The topological polar surface area (TPSA) is 45.7 Å². The van der Waals surface area contributed by atoms with Crippen LogP contribution in [-0.2, 0) is 16.0 Å². The maximum absolute atomic E-state index is 12.8. The van der Waals surface area contributed by atoms with E-state index in [0.717, 1.165) is 38.0 Å². The maximum atomic E-state index is 12.8. The summed E-state index contributed by atoms with van der Waals surface area (Å²) in [5.41, 5.74) is 3.43. The van der Waals surface area contributed by atoms with Crippen LogP contribution >= 0.6 is 0 Å². The Morgan fingerprint density at radius 2 is 1.90 bits per heavy atom. The zero-order valence-corrected chi connectivity index (χ0v) is 18.0. The van der Waals surface area contributed by atoms with Gasteiger partial charge in [0.05, 0.1) is 18.8 Å². The van der Waals surface area contributed by atoms with Crippen molar-refractivity contribution in [3.8, 4) is 0 Å². The fraction of sp³-hybridized carbons (Fsp3) is 0.520. The zero-order chi connectivity index (χ0) is 20.8. The molecule has 30 heavy (non-hydrogen) atoms. The molecule has 2 heterocycles. The number of hydrogen-bond acceptors (Lipinski definition) is 4. The van der Waals surface area contributed by atoms with E-state index >= 15 is 0 Å². The number of hydrogen-bond donors (Lipinski definition) is 0. The van der Waals surface area contributed by atoms with Gasteiger partial charge in [-0.2, -0.15) is 0 Å². The van der Waals surface area contributed by atoms with Gasteiger partial charge in [-0.3, -0.25) is 14.7 Å². The molecule has 2 fully saturated rings. The first-order chi connectivity index (χ1) is 14.7. The number of ether oxygens (including phenoxy) is 1. The molecule has 0 unspecified atom stereocenters. The third kappa shape index (κ3) is 5.46. The molecule has 5 nitrogen and oxygen atoms in total. The Hall–Kier alpha value is -2.24. The lowest BCUT2D eigenvalue weighted by Crippen LogP contribution is -2.47. The molecule has 0 spiro atoms. The molecule has 4 rings (SSSR count). The van der Waals surface area contributed by atoms with Crippen molar-refractivity contribution in [1.29, 1.82) is 0 Å². The molecule has 0 bridgehead atoms. The number of pyridine rings is 1. The van der Waals surface area contributed by atoms with Gasteiger partial charge in [-0.1, -0.05) is 55.7 Å². The number of morpholine rings is 1. The molecule has 160 valence electrons. The third-order valence-electron chi connectivity index (χ3n) is 6.45.